The van der Waals surface area contributed by atoms with E-state index in [2.05, 4.69) is 13.8 Å². The topological polar surface area (TPSA) is 9.23 Å². The molecule has 9 heavy (non-hydrogen) atoms. The summed E-state index contributed by atoms with van der Waals surface area (Å²) < 4.78 is 5.38. The first-order chi connectivity index (χ1) is 4.33. The summed E-state index contributed by atoms with van der Waals surface area (Å²) >= 11 is 1.97. The van der Waals surface area contributed by atoms with Crippen LogP contribution in [0.25, 0.3) is 0 Å². The normalized spacial score (nSPS) is 35.3. The van der Waals surface area contributed by atoms with Gasteiger partial charge in [-0.1, -0.05) is 13.3 Å². The molecule has 54 valence electrons. The number of thioether (sulfide) groups is 1. The van der Waals surface area contributed by atoms with E-state index in [0.29, 0.717) is 5.44 Å². The summed E-state index contributed by atoms with van der Waals surface area (Å²) in [5, 5.41) is 0.782. The van der Waals surface area contributed by atoms with E-state index in [1.54, 1.807) is 0 Å². The van der Waals surface area contributed by atoms with Crippen LogP contribution in [0.5, 0.6) is 0 Å². The van der Waals surface area contributed by atoms with E-state index in [0.717, 1.165) is 11.9 Å². The molecule has 1 nitrogen and oxygen atoms in total. The van der Waals surface area contributed by atoms with Crippen LogP contribution in [0.4, 0.5) is 0 Å². The van der Waals surface area contributed by atoms with Gasteiger partial charge in [0.2, 0.25) is 0 Å². The van der Waals surface area contributed by atoms with Crippen molar-refractivity contribution in [2.24, 2.45) is 0 Å². The molecule has 1 aliphatic rings. The Kier molecular flexibility index (Phi) is 2.86. The molecular weight excluding hydrogens is 132 g/mol. The van der Waals surface area contributed by atoms with Crippen LogP contribution in [0, 0.1) is 0 Å². The molecule has 1 aliphatic heterocycles. The molecule has 1 fully saturated rings. The quantitative estimate of drug-likeness (QED) is 0.591. The lowest BCUT2D eigenvalue weighted by atomic mass is 10.3. The molecule has 0 unspecified atom stereocenters. The monoisotopic (exact) mass is 146 g/mol. The average Bonchev–Trinajstić information content (AvgIpc) is 2.17. The summed E-state index contributed by atoms with van der Waals surface area (Å²) in [5.41, 5.74) is 0.446. The van der Waals surface area contributed by atoms with Crippen molar-refractivity contribution in [3.05, 3.63) is 0 Å². The first-order valence-electron chi connectivity index (χ1n) is 3.60. The SMILES string of the molecule is CCC[C@H]1CO[C@@H](C)S1. The van der Waals surface area contributed by atoms with Gasteiger partial charge in [-0.25, -0.2) is 0 Å². The molecular formula is C7H14OS. The van der Waals surface area contributed by atoms with Gasteiger partial charge in [0.05, 0.1) is 6.61 Å². The zero-order chi connectivity index (χ0) is 6.69. The predicted octanol–water partition coefficient (Wildman–Crippen LogP) is 2.26. The number of hydrogen-bond donors (Lipinski definition) is 0. The lowest BCUT2D eigenvalue weighted by Crippen LogP contribution is -2.00. The fourth-order valence-corrected chi connectivity index (χ4v) is 2.29. The Bertz CT molecular complexity index is 83.0. The molecule has 2 heteroatoms. The van der Waals surface area contributed by atoms with Crippen molar-refractivity contribution >= 4 is 11.8 Å². The second-order valence-corrected chi connectivity index (χ2v) is 4.05. The van der Waals surface area contributed by atoms with Gasteiger partial charge in [0, 0.05) is 5.25 Å². The maximum absolute atomic E-state index is 5.38. The Hall–Kier alpha value is 0.310. The van der Waals surface area contributed by atoms with Crippen molar-refractivity contribution in [2.75, 3.05) is 6.61 Å². The summed E-state index contributed by atoms with van der Waals surface area (Å²) in [6.07, 6.45) is 2.60. The zero-order valence-electron chi connectivity index (χ0n) is 6.09. The summed E-state index contributed by atoms with van der Waals surface area (Å²) in [5.74, 6) is 0. The number of ether oxygens (including phenoxy) is 1. The first-order valence-corrected chi connectivity index (χ1v) is 4.54. The van der Waals surface area contributed by atoms with Crippen LogP contribution in [-0.2, 0) is 4.74 Å². The van der Waals surface area contributed by atoms with Gasteiger partial charge in [0.15, 0.2) is 0 Å². The molecule has 0 spiro atoms. The lowest BCUT2D eigenvalue weighted by Gasteiger charge is -2.01. The molecule has 1 heterocycles. The first kappa shape index (κ1) is 7.42. The Labute approximate surface area is 61.2 Å². The fourth-order valence-electron chi connectivity index (χ4n) is 1.07. The molecule has 0 radical (unpaired) electrons. The molecule has 1 saturated heterocycles. The van der Waals surface area contributed by atoms with Crippen molar-refractivity contribution < 1.29 is 4.74 Å². The molecule has 0 bridgehead atoms. The van der Waals surface area contributed by atoms with E-state index in [9.17, 15) is 0 Å². The van der Waals surface area contributed by atoms with Crippen LogP contribution in [0.1, 0.15) is 26.7 Å². The Morgan fingerprint density at radius 3 is 2.89 bits per heavy atom. The van der Waals surface area contributed by atoms with Crippen molar-refractivity contribution in [3.8, 4) is 0 Å². The van der Waals surface area contributed by atoms with Gasteiger partial charge < -0.3 is 4.74 Å². The number of rotatable bonds is 2. The van der Waals surface area contributed by atoms with Crippen LogP contribution in [0.3, 0.4) is 0 Å². The molecule has 0 N–H and O–H groups in total. The maximum atomic E-state index is 5.38. The van der Waals surface area contributed by atoms with E-state index in [1.807, 2.05) is 11.8 Å². The minimum absolute atomic E-state index is 0.446. The minimum Gasteiger partial charge on any atom is -0.367 e. The predicted molar refractivity (Wildman–Crippen MR) is 41.7 cm³/mol. The highest BCUT2D eigenvalue weighted by molar-refractivity contribution is 8.00. The number of hydrogen-bond acceptors (Lipinski definition) is 2. The van der Waals surface area contributed by atoms with E-state index in [1.165, 1.54) is 12.8 Å². The fraction of sp³-hybridized carbons (Fsp3) is 1.00. The van der Waals surface area contributed by atoms with Gasteiger partial charge in [-0.2, -0.15) is 0 Å². The average molecular weight is 146 g/mol. The van der Waals surface area contributed by atoms with E-state index < -0.39 is 0 Å². The standard InChI is InChI=1S/C7H14OS/c1-3-4-7-5-8-6(2)9-7/h6-7H,3-5H2,1-2H3/t6-,7+/m1/s1. The Morgan fingerprint density at radius 2 is 2.44 bits per heavy atom. The molecule has 0 aliphatic carbocycles. The van der Waals surface area contributed by atoms with Gasteiger partial charge in [-0.3, -0.25) is 0 Å². The van der Waals surface area contributed by atoms with E-state index in [4.69, 9.17) is 4.74 Å². The molecule has 0 saturated carbocycles. The van der Waals surface area contributed by atoms with Crippen LogP contribution >= 0.6 is 11.8 Å². The van der Waals surface area contributed by atoms with E-state index in [-0.39, 0.29) is 0 Å². The summed E-state index contributed by atoms with van der Waals surface area (Å²) in [6, 6.07) is 0. The van der Waals surface area contributed by atoms with Crippen molar-refractivity contribution in [1.29, 1.82) is 0 Å². The second kappa shape index (κ2) is 3.47. The summed E-state index contributed by atoms with van der Waals surface area (Å²) in [6.45, 7) is 5.32. The second-order valence-electron chi connectivity index (χ2n) is 2.45. The molecule has 0 aromatic heterocycles. The molecule has 0 amide bonds. The van der Waals surface area contributed by atoms with Crippen LogP contribution < -0.4 is 0 Å². The van der Waals surface area contributed by atoms with Gasteiger partial charge in [0.25, 0.3) is 0 Å². The highest BCUT2D eigenvalue weighted by atomic mass is 32.2. The zero-order valence-corrected chi connectivity index (χ0v) is 6.91. The third-order valence-electron chi connectivity index (χ3n) is 1.51. The highest BCUT2D eigenvalue weighted by Crippen LogP contribution is 2.29. The minimum atomic E-state index is 0.446. The van der Waals surface area contributed by atoms with Gasteiger partial charge in [0.1, 0.15) is 5.44 Å². The van der Waals surface area contributed by atoms with Crippen molar-refractivity contribution in [1.82, 2.24) is 0 Å². The van der Waals surface area contributed by atoms with Gasteiger partial charge in [-0.15, -0.1) is 11.8 Å². The summed E-state index contributed by atoms with van der Waals surface area (Å²) in [7, 11) is 0. The van der Waals surface area contributed by atoms with Crippen LogP contribution in [-0.4, -0.2) is 17.3 Å². The largest absolute Gasteiger partial charge is 0.367 e. The molecule has 2 atom stereocenters. The smallest absolute Gasteiger partial charge is 0.100 e. The lowest BCUT2D eigenvalue weighted by molar-refractivity contribution is 0.144. The third-order valence-corrected chi connectivity index (χ3v) is 2.79. The Balaban J connectivity index is 2.14. The van der Waals surface area contributed by atoms with Crippen molar-refractivity contribution in [2.45, 2.75) is 37.4 Å². The highest BCUT2D eigenvalue weighted by Gasteiger charge is 2.20. The molecule has 1 rings (SSSR count). The van der Waals surface area contributed by atoms with E-state index >= 15 is 0 Å². The maximum Gasteiger partial charge on any atom is 0.100 e. The summed E-state index contributed by atoms with van der Waals surface area (Å²) in [4.78, 5) is 0. The van der Waals surface area contributed by atoms with Gasteiger partial charge >= 0.3 is 0 Å². The van der Waals surface area contributed by atoms with Crippen LogP contribution in [0.15, 0.2) is 0 Å². The van der Waals surface area contributed by atoms with Crippen molar-refractivity contribution in [3.63, 3.8) is 0 Å². The van der Waals surface area contributed by atoms with Crippen LogP contribution in [0.2, 0.25) is 0 Å². The molecule has 0 aromatic carbocycles. The Morgan fingerprint density at radius 1 is 1.67 bits per heavy atom. The van der Waals surface area contributed by atoms with Gasteiger partial charge in [-0.05, 0) is 13.3 Å². The third kappa shape index (κ3) is 2.18. The molecule has 0 aromatic rings.